The molecule has 1 aliphatic heterocycles. The maximum Gasteiger partial charge on any atom is 0.306 e. The number of thioether (sulfide) groups is 2. The Kier molecular flexibility index (Phi) is 6.96. The summed E-state index contributed by atoms with van der Waals surface area (Å²) in [7, 11) is 0. The van der Waals surface area contributed by atoms with Gasteiger partial charge in [-0.3, -0.25) is 4.79 Å². The van der Waals surface area contributed by atoms with Crippen LogP contribution in [0.3, 0.4) is 0 Å². The number of carboxylic acids is 1. The fourth-order valence-corrected chi connectivity index (χ4v) is 4.91. The predicted octanol–water partition coefficient (Wildman–Crippen LogP) is 5.53. The minimum Gasteiger partial charge on any atom is -0.492 e. The Balaban J connectivity index is 1.98. The van der Waals surface area contributed by atoms with Gasteiger partial charge in [-0.15, -0.1) is 23.5 Å². The van der Waals surface area contributed by atoms with E-state index in [4.69, 9.17) is 9.84 Å². The third-order valence-electron chi connectivity index (χ3n) is 4.67. The number of hydrogen-bond acceptors (Lipinski definition) is 5. The number of ether oxygens (including phenoxy) is 1. The normalized spacial score (nSPS) is 16.5. The first-order chi connectivity index (χ1) is 13.1. The first-order valence-corrected chi connectivity index (χ1v) is 11.4. The van der Waals surface area contributed by atoms with E-state index in [1.54, 1.807) is 11.8 Å². The van der Waals surface area contributed by atoms with Crippen molar-refractivity contribution < 1.29 is 14.6 Å². The van der Waals surface area contributed by atoms with Crippen LogP contribution in [0.2, 0.25) is 0 Å². The van der Waals surface area contributed by atoms with Crippen molar-refractivity contribution >= 4 is 40.9 Å². The molecule has 6 heteroatoms. The first kappa shape index (κ1) is 20.0. The lowest BCUT2D eigenvalue weighted by Crippen LogP contribution is -2.24. The summed E-state index contributed by atoms with van der Waals surface area (Å²) in [5.74, 6) is 1.61. The Bertz CT molecular complexity index is 782. The summed E-state index contributed by atoms with van der Waals surface area (Å²) in [6, 6.07) is 14.8. The largest absolute Gasteiger partial charge is 0.492 e. The third kappa shape index (κ3) is 4.93. The monoisotopic (exact) mass is 403 g/mol. The number of nitrogens with zero attached hydrogens (tertiary/aromatic N) is 1. The van der Waals surface area contributed by atoms with Gasteiger partial charge in [0.25, 0.3) is 0 Å². The molecule has 0 saturated heterocycles. The lowest BCUT2D eigenvalue weighted by atomic mass is 10.1. The van der Waals surface area contributed by atoms with E-state index in [1.165, 1.54) is 16.3 Å². The van der Waals surface area contributed by atoms with Crippen molar-refractivity contribution in [3.05, 3.63) is 42.5 Å². The number of anilines is 2. The van der Waals surface area contributed by atoms with Crippen molar-refractivity contribution in [1.29, 1.82) is 0 Å². The molecule has 1 atom stereocenters. The molecule has 3 rings (SSSR count). The van der Waals surface area contributed by atoms with E-state index >= 15 is 0 Å². The number of para-hydroxylation sites is 1. The zero-order valence-electron chi connectivity index (χ0n) is 15.7. The van der Waals surface area contributed by atoms with Crippen molar-refractivity contribution in [1.82, 2.24) is 0 Å². The van der Waals surface area contributed by atoms with Gasteiger partial charge in [-0.25, -0.2) is 0 Å². The van der Waals surface area contributed by atoms with E-state index in [-0.39, 0.29) is 13.0 Å². The fourth-order valence-electron chi connectivity index (χ4n) is 3.09. The molecule has 1 heterocycles. The summed E-state index contributed by atoms with van der Waals surface area (Å²) in [5, 5.41) is 8.87. The van der Waals surface area contributed by atoms with Crippen molar-refractivity contribution in [2.24, 2.45) is 5.92 Å². The highest BCUT2D eigenvalue weighted by Crippen LogP contribution is 2.45. The molecule has 0 spiro atoms. The van der Waals surface area contributed by atoms with Crippen molar-refractivity contribution in [2.75, 3.05) is 30.1 Å². The second kappa shape index (κ2) is 9.42. The molecule has 27 heavy (non-hydrogen) atoms. The van der Waals surface area contributed by atoms with Gasteiger partial charge in [0.2, 0.25) is 0 Å². The molecule has 0 radical (unpaired) electrons. The van der Waals surface area contributed by atoms with Crippen LogP contribution in [0.25, 0.3) is 0 Å². The van der Waals surface area contributed by atoms with Crippen molar-refractivity contribution in [3.63, 3.8) is 0 Å². The summed E-state index contributed by atoms with van der Waals surface area (Å²) in [5.41, 5.74) is 2.41. The van der Waals surface area contributed by atoms with Gasteiger partial charge in [0, 0.05) is 22.9 Å². The van der Waals surface area contributed by atoms with Crippen LogP contribution in [-0.2, 0) is 4.79 Å². The van der Waals surface area contributed by atoms with E-state index in [9.17, 15) is 4.79 Å². The third-order valence-corrected chi connectivity index (χ3v) is 6.70. The Morgan fingerprint density at radius 1 is 1.33 bits per heavy atom. The first-order valence-electron chi connectivity index (χ1n) is 9.14. The minimum atomic E-state index is -0.842. The maximum absolute atomic E-state index is 10.8. The minimum absolute atomic E-state index is 0.00605. The van der Waals surface area contributed by atoms with Gasteiger partial charge in [0.15, 0.2) is 0 Å². The topological polar surface area (TPSA) is 49.8 Å². The summed E-state index contributed by atoms with van der Waals surface area (Å²) < 4.78 is 5.81. The van der Waals surface area contributed by atoms with E-state index in [2.05, 4.69) is 48.2 Å². The lowest BCUT2D eigenvalue weighted by molar-refractivity contribution is -0.137. The maximum atomic E-state index is 10.8. The average molecular weight is 404 g/mol. The predicted molar refractivity (Wildman–Crippen MR) is 114 cm³/mol. The molecule has 0 aromatic heterocycles. The summed E-state index contributed by atoms with van der Waals surface area (Å²) in [6.45, 7) is 3.43. The number of rotatable bonds is 7. The molecular weight excluding hydrogens is 378 g/mol. The number of hydrogen-bond donors (Lipinski definition) is 1. The Labute approximate surface area is 169 Å². The second-order valence-corrected chi connectivity index (χ2v) is 8.40. The summed E-state index contributed by atoms with van der Waals surface area (Å²) in [6.07, 6.45) is 3.17. The number of fused-ring (bicyclic) bond motifs is 1. The second-order valence-electron chi connectivity index (χ2n) is 6.49. The van der Waals surface area contributed by atoms with Gasteiger partial charge < -0.3 is 14.7 Å². The van der Waals surface area contributed by atoms with Gasteiger partial charge in [-0.2, -0.15) is 0 Å². The quantitative estimate of drug-likeness (QED) is 0.613. The van der Waals surface area contributed by atoms with Crippen LogP contribution in [0, 0.1) is 5.92 Å². The summed E-state index contributed by atoms with van der Waals surface area (Å²) >= 11 is 3.50. The molecule has 4 nitrogen and oxygen atoms in total. The fraction of sp³-hybridized carbons (Fsp3) is 0.381. The molecule has 1 aliphatic rings. The van der Waals surface area contributed by atoms with Crippen LogP contribution in [0.15, 0.2) is 52.3 Å². The van der Waals surface area contributed by atoms with Crippen LogP contribution >= 0.6 is 23.5 Å². The number of carbonyl (C=O) groups is 1. The van der Waals surface area contributed by atoms with Crippen LogP contribution in [0.4, 0.5) is 11.4 Å². The van der Waals surface area contributed by atoms with Crippen molar-refractivity contribution in [2.45, 2.75) is 29.6 Å². The smallest absolute Gasteiger partial charge is 0.306 e. The Hall–Kier alpha value is -1.79. The Morgan fingerprint density at radius 2 is 2.11 bits per heavy atom. The van der Waals surface area contributed by atoms with E-state index in [0.29, 0.717) is 5.92 Å². The molecule has 1 N–H and O–H groups in total. The molecule has 0 saturated carbocycles. The highest BCUT2D eigenvalue weighted by Gasteiger charge is 2.24. The molecule has 0 fully saturated rings. The molecule has 2 aromatic carbocycles. The highest BCUT2D eigenvalue weighted by atomic mass is 32.2. The number of carboxylic acid groups (broad SMARTS) is 1. The van der Waals surface area contributed by atoms with Crippen LogP contribution < -0.4 is 9.64 Å². The molecule has 0 bridgehead atoms. The molecular formula is C21H25NO3S2. The molecule has 0 aliphatic carbocycles. The van der Waals surface area contributed by atoms with Gasteiger partial charge in [0.1, 0.15) is 5.75 Å². The van der Waals surface area contributed by atoms with Gasteiger partial charge in [-0.1, -0.05) is 31.5 Å². The van der Waals surface area contributed by atoms with E-state index < -0.39 is 5.97 Å². The average Bonchev–Trinajstić information content (AvgIpc) is 2.86. The van der Waals surface area contributed by atoms with E-state index in [0.717, 1.165) is 29.4 Å². The van der Waals surface area contributed by atoms with Crippen LogP contribution in [-0.4, -0.2) is 36.2 Å². The van der Waals surface area contributed by atoms with Gasteiger partial charge in [-0.05, 0) is 36.4 Å². The van der Waals surface area contributed by atoms with Crippen molar-refractivity contribution in [3.8, 4) is 5.75 Å². The summed E-state index contributed by atoms with van der Waals surface area (Å²) in [4.78, 5) is 15.4. The van der Waals surface area contributed by atoms with Crippen LogP contribution in [0.1, 0.15) is 19.8 Å². The van der Waals surface area contributed by atoms with Gasteiger partial charge in [0.05, 0.1) is 23.6 Å². The number of benzene rings is 2. The van der Waals surface area contributed by atoms with Gasteiger partial charge >= 0.3 is 5.97 Å². The molecule has 1 unspecified atom stereocenters. The zero-order chi connectivity index (χ0) is 19.2. The molecule has 0 amide bonds. The zero-order valence-corrected chi connectivity index (χ0v) is 17.3. The SMILES string of the molecule is CCC1CSc2cc(OCCC(=O)O)c(SC)cc2N(c2ccccc2)C1. The molecule has 2 aromatic rings. The van der Waals surface area contributed by atoms with E-state index in [1.807, 2.05) is 24.1 Å². The highest BCUT2D eigenvalue weighted by molar-refractivity contribution is 7.99. The Morgan fingerprint density at radius 3 is 2.78 bits per heavy atom. The van der Waals surface area contributed by atoms with Crippen LogP contribution in [0.5, 0.6) is 5.75 Å². The lowest BCUT2D eigenvalue weighted by Gasteiger charge is -2.28. The number of aliphatic carboxylic acids is 1. The standard InChI is InChI=1S/C21H25NO3S2/c1-3-15-13-22(16-7-5-4-6-8-16)17-11-20(26-2)18(12-19(17)27-14-15)25-10-9-21(23)24/h4-8,11-12,15H,3,9-10,13-14H2,1-2H3,(H,23,24). The molecule has 144 valence electrons.